The molecule has 0 bridgehead atoms. The molecule has 0 aliphatic carbocycles. The van der Waals surface area contributed by atoms with Gasteiger partial charge in [-0.3, -0.25) is 4.68 Å². The Morgan fingerprint density at radius 2 is 2.11 bits per heavy atom. The third-order valence-corrected chi connectivity index (χ3v) is 3.69. The summed E-state index contributed by atoms with van der Waals surface area (Å²) in [7, 11) is 0. The molecule has 2 rings (SSSR count). The molecule has 0 spiro atoms. The lowest BCUT2D eigenvalue weighted by atomic mass is 10.1. The van der Waals surface area contributed by atoms with E-state index in [2.05, 4.69) is 22.2 Å². The molecule has 0 amide bonds. The second-order valence-electron chi connectivity index (χ2n) is 5.30. The van der Waals surface area contributed by atoms with Gasteiger partial charge in [-0.2, -0.15) is 5.10 Å². The highest BCUT2D eigenvalue weighted by atomic mass is 15.3. The zero-order chi connectivity index (χ0) is 12.6. The van der Waals surface area contributed by atoms with Gasteiger partial charge in [0, 0.05) is 18.9 Å². The van der Waals surface area contributed by atoms with Crippen molar-refractivity contribution in [3.05, 3.63) is 18.5 Å². The lowest BCUT2D eigenvalue weighted by Gasteiger charge is -2.26. The fourth-order valence-corrected chi connectivity index (χ4v) is 2.56. The van der Waals surface area contributed by atoms with Crippen molar-refractivity contribution < 1.29 is 0 Å². The third kappa shape index (κ3) is 4.42. The Morgan fingerprint density at radius 3 is 2.83 bits per heavy atom. The Morgan fingerprint density at radius 1 is 1.28 bits per heavy atom. The van der Waals surface area contributed by atoms with Gasteiger partial charge in [0.2, 0.25) is 0 Å². The van der Waals surface area contributed by atoms with Crippen molar-refractivity contribution >= 4 is 0 Å². The Labute approximate surface area is 110 Å². The molecule has 1 aliphatic rings. The minimum atomic E-state index is 0.440. The summed E-state index contributed by atoms with van der Waals surface area (Å²) in [6, 6.07) is 2.42. The van der Waals surface area contributed by atoms with Crippen LogP contribution in [0, 0.1) is 0 Å². The molecule has 1 saturated heterocycles. The van der Waals surface area contributed by atoms with E-state index in [-0.39, 0.29) is 0 Å². The van der Waals surface area contributed by atoms with Crippen LogP contribution in [0.4, 0.5) is 0 Å². The van der Waals surface area contributed by atoms with Crippen LogP contribution in [0.15, 0.2) is 18.5 Å². The zero-order valence-electron chi connectivity index (χ0n) is 11.5. The molecule has 1 N–H and O–H groups in total. The van der Waals surface area contributed by atoms with E-state index in [4.69, 9.17) is 0 Å². The minimum absolute atomic E-state index is 0.440. The molecular weight excluding hydrogens is 224 g/mol. The smallest absolute Gasteiger partial charge is 0.0615 e. The van der Waals surface area contributed by atoms with E-state index in [1.54, 1.807) is 0 Å². The van der Waals surface area contributed by atoms with E-state index < -0.39 is 0 Å². The number of nitrogens with one attached hydrogen (secondary N) is 1. The highest BCUT2D eigenvalue weighted by Gasteiger charge is 2.09. The molecule has 2 heterocycles. The topological polar surface area (TPSA) is 33.1 Å². The van der Waals surface area contributed by atoms with E-state index >= 15 is 0 Å². The van der Waals surface area contributed by atoms with Gasteiger partial charge in [-0.1, -0.05) is 6.42 Å². The van der Waals surface area contributed by atoms with Crippen LogP contribution in [0.5, 0.6) is 0 Å². The van der Waals surface area contributed by atoms with Crippen LogP contribution in [-0.2, 0) is 0 Å². The van der Waals surface area contributed by atoms with Crippen LogP contribution < -0.4 is 5.32 Å². The van der Waals surface area contributed by atoms with Crippen molar-refractivity contribution in [2.75, 3.05) is 32.7 Å². The van der Waals surface area contributed by atoms with Crippen LogP contribution in [-0.4, -0.2) is 47.4 Å². The van der Waals surface area contributed by atoms with Crippen LogP contribution in [0.25, 0.3) is 0 Å². The maximum Gasteiger partial charge on any atom is 0.0615 e. The fraction of sp³-hybridized carbons (Fsp3) is 0.786. The van der Waals surface area contributed by atoms with E-state index in [1.165, 1.54) is 45.3 Å². The number of likely N-dealkylation sites (tertiary alicyclic amines) is 1. The van der Waals surface area contributed by atoms with Crippen LogP contribution in [0.2, 0.25) is 0 Å². The SMILES string of the molecule is CC(CNCCCN1CCCCC1)n1cccn1. The molecular formula is C14H26N4. The van der Waals surface area contributed by atoms with Crippen LogP contribution in [0.1, 0.15) is 38.6 Å². The molecule has 1 aliphatic heterocycles. The van der Waals surface area contributed by atoms with Crippen molar-refractivity contribution in [3.63, 3.8) is 0 Å². The second-order valence-corrected chi connectivity index (χ2v) is 5.30. The Balaban J connectivity index is 1.50. The predicted octanol–water partition coefficient (Wildman–Crippen LogP) is 1.91. The van der Waals surface area contributed by atoms with E-state index in [1.807, 2.05) is 23.1 Å². The monoisotopic (exact) mass is 250 g/mol. The molecule has 4 nitrogen and oxygen atoms in total. The number of aromatic nitrogens is 2. The van der Waals surface area contributed by atoms with Gasteiger partial charge in [0.15, 0.2) is 0 Å². The van der Waals surface area contributed by atoms with Crippen LogP contribution >= 0.6 is 0 Å². The van der Waals surface area contributed by atoms with Gasteiger partial charge in [0.05, 0.1) is 6.04 Å². The molecule has 1 atom stereocenters. The normalized spacial score (nSPS) is 18.9. The minimum Gasteiger partial charge on any atom is -0.315 e. The summed E-state index contributed by atoms with van der Waals surface area (Å²) in [6.45, 7) is 8.19. The van der Waals surface area contributed by atoms with Gasteiger partial charge in [-0.15, -0.1) is 0 Å². The summed E-state index contributed by atoms with van der Waals surface area (Å²) in [5, 5.41) is 7.78. The second kappa shape index (κ2) is 7.54. The summed E-state index contributed by atoms with van der Waals surface area (Å²) >= 11 is 0. The van der Waals surface area contributed by atoms with Crippen molar-refractivity contribution in [1.29, 1.82) is 0 Å². The maximum atomic E-state index is 4.26. The molecule has 0 aromatic carbocycles. The van der Waals surface area contributed by atoms with Crippen molar-refractivity contribution in [2.45, 2.75) is 38.6 Å². The average Bonchev–Trinajstić information content (AvgIpc) is 2.93. The van der Waals surface area contributed by atoms with Gasteiger partial charge in [-0.25, -0.2) is 0 Å². The Bertz CT molecular complexity index is 304. The lowest BCUT2D eigenvalue weighted by molar-refractivity contribution is 0.225. The largest absolute Gasteiger partial charge is 0.315 e. The standard InChI is InChI=1S/C14H26N4/c1-14(18-12-6-8-16-18)13-15-7-5-11-17-9-3-2-4-10-17/h6,8,12,14-15H,2-5,7,9-11,13H2,1H3. The van der Waals surface area contributed by atoms with E-state index in [0.29, 0.717) is 6.04 Å². The third-order valence-electron chi connectivity index (χ3n) is 3.69. The molecule has 0 radical (unpaired) electrons. The first-order valence-corrected chi connectivity index (χ1v) is 7.28. The highest BCUT2D eigenvalue weighted by Crippen LogP contribution is 2.08. The summed E-state index contributed by atoms with van der Waals surface area (Å²) in [4.78, 5) is 2.60. The number of hydrogen-bond donors (Lipinski definition) is 1. The molecule has 102 valence electrons. The van der Waals surface area contributed by atoms with Crippen LogP contribution in [0.3, 0.4) is 0 Å². The molecule has 1 fully saturated rings. The summed E-state index contributed by atoms with van der Waals surface area (Å²) < 4.78 is 2.01. The first-order valence-electron chi connectivity index (χ1n) is 7.28. The predicted molar refractivity (Wildman–Crippen MR) is 74.7 cm³/mol. The van der Waals surface area contributed by atoms with Crippen molar-refractivity contribution in [1.82, 2.24) is 20.0 Å². The summed E-state index contributed by atoms with van der Waals surface area (Å²) in [6.07, 6.45) is 9.34. The molecule has 1 aromatic heterocycles. The zero-order valence-corrected chi connectivity index (χ0v) is 11.5. The average molecular weight is 250 g/mol. The van der Waals surface area contributed by atoms with Gasteiger partial charge in [0.25, 0.3) is 0 Å². The molecule has 0 saturated carbocycles. The number of piperidine rings is 1. The number of hydrogen-bond acceptors (Lipinski definition) is 3. The maximum absolute atomic E-state index is 4.26. The van der Waals surface area contributed by atoms with E-state index in [9.17, 15) is 0 Å². The molecule has 18 heavy (non-hydrogen) atoms. The van der Waals surface area contributed by atoms with Gasteiger partial charge >= 0.3 is 0 Å². The van der Waals surface area contributed by atoms with Gasteiger partial charge in [-0.05, 0) is 58.4 Å². The number of rotatable bonds is 7. The lowest BCUT2D eigenvalue weighted by Crippen LogP contribution is -2.33. The van der Waals surface area contributed by atoms with Gasteiger partial charge in [0.1, 0.15) is 0 Å². The fourth-order valence-electron chi connectivity index (χ4n) is 2.56. The first kappa shape index (κ1) is 13.6. The molecule has 1 unspecified atom stereocenters. The van der Waals surface area contributed by atoms with Crippen molar-refractivity contribution in [3.8, 4) is 0 Å². The number of nitrogens with zero attached hydrogens (tertiary/aromatic N) is 3. The molecule has 4 heteroatoms. The Hall–Kier alpha value is -0.870. The first-order chi connectivity index (χ1) is 8.86. The van der Waals surface area contributed by atoms with Crippen molar-refractivity contribution in [2.24, 2.45) is 0 Å². The van der Waals surface area contributed by atoms with Gasteiger partial charge < -0.3 is 10.2 Å². The molecule has 1 aromatic rings. The summed E-state index contributed by atoms with van der Waals surface area (Å²) in [5.41, 5.74) is 0. The quantitative estimate of drug-likeness (QED) is 0.750. The highest BCUT2D eigenvalue weighted by molar-refractivity contribution is 4.81. The Kier molecular flexibility index (Phi) is 5.68. The van der Waals surface area contributed by atoms with E-state index in [0.717, 1.165) is 13.1 Å². The summed E-state index contributed by atoms with van der Waals surface area (Å²) in [5.74, 6) is 0.